The van der Waals surface area contributed by atoms with Crippen LogP contribution in [0.25, 0.3) is 5.57 Å². The van der Waals surface area contributed by atoms with E-state index in [2.05, 4.69) is 69.0 Å². The minimum atomic E-state index is 1.12. The molecule has 3 rings (SSSR count). The molecule has 1 aromatic rings. The number of allylic oxidation sites excluding steroid dienone is 7. The van der Waals surface area contributed by atoms with Crippen LogP contribution >= 0.6 is 12.6 Å². The summed E-state index contributed by atoms with van der Waals surface area (Å²) >= 11 is 4.65. The van der Waals surface area contributed by atoms with E-state index >= 15 is 0 Å². The summed E-state index contributed by atoms with van der Waals surface area (Å²) in [6.45, 7) is 4.29. The maximum atomic E-state index is 4.65. The lowest BCUT2D eigenvalue weighted by atomic mass is 9.98. The first-order valence-electron chi connectivity index (χ1n) is 5.79. The Labute approximate surface area is 107 Å². The quantitative estimate of drug-likeness (QED) is 0.682. The van der Waals surface area contributed by atoms with Crippen molar-refractivity contribution in [3.05, 3.63) is 75.2 Å². The van der Waals surface area contributed by atoms with Crippen LogP contribution in [0.4, 0.5) is 0 Å². The Balaban J connectivity index is 2.25. The molecule has 17 heavy (non-hydrogen) atoms. The molecule has 0 fully saturated rings. The van der Waals surface area contributed by atoms with Gasteiger partial charge in [0.1, 0.15) is 0 Å². The lowest BCUT2D eigenvalue weighted by molar-refractivity contribution is 1.49. The molecule has 0 bridgehead atoms. The molecule has 0 saturated carbocycles. The van der Waals surface area contributed by atoms with Crippen LogP contribution in [0.1, 0.15) is 19.4 Å². The lowest BCUT2D eigenvalue weighted by Gasteiger charge is -2.06. The van der Waals surface area contributed by atoms with Crippen molar-refractivity contribution in [1.82, 2.24) is 0 Å². The second kappa shape index (κ2) is 3.78. The molecule has 2 aliphatic rings. The molecular formula is C16H14S. The zero-order valence-corrected chi connectivity index (χ0v) is 10.9. The number of thiol groups is 1. The molecule has 0 saturated heterocycles. The highest BCUT2D eigenvalue weighted by Gasteiger charge is 2.26. The normalized spacial score (nSPS) is 18.5. The van der Waals surface area contributed by atoms with E-state index in [1.807, 2.05) is 0 Å². The van der Waals surface area contributed by atoms with Crippen LogP contribution in [-0.2, 0) is 0 Å². The topological polar surface area (TPSA) is 0 Å². The Kier molecular flexibility index (Phi) is 2.37. The fourth-order valence-electron chi connectivity index (χ4n) is 2.55. The van der Waals surface area contributed by atoms with Gasteiger partial charge in [-0.15, -0.1) is 12.6 Å². The Morgan fingerprint density at radius 3 is 2.35 bits per heavy atom. The first-order valence-corrected chi connectivity index (χ1v) is 6.24. The highest BCUT2D eigenvalue weighted by Crippen LogP contribution is 2.47. The van der Waals surface area contributed by atoms with Crippen LogP contribution < -0.4 is 0 Å². The predicted molar refractivity (Wildman–Crippen MR) is 76.9 cm³/mol. The van der Waals surface area contributed by atoms with Crippen molar-refractivity contribution in [2.24, 2.45) is 0 Å². The molecule has 0 aliphatic heterocycles. The van der Waals surface area contributed by atoms with Gasteiger partial charge in [0.2, 0.25) is 0 Å². The standard InChI is InChI=1S/C16H14S/c1-10-8-13-14(9-10)16(17)11(2)15(13)12-6-4-3-5-7-12/h3-9,17H,1-2H3. The van der Waals surface area contributed by atoms with Crippen LogP contribution in [-0.4, -0.2) is 0 Å². The highest BCUT2D eigenvalue weighted by atomic mass is 32.1. The van der Waals surface area contributed by atoms with E-state index in [0.717, 1.165) is 4.91 Å². The van der Waals surface area contributed by atoms with Crippen LogP contribution in [0, 0.1) is 0 Å². The summed E-state index contributed by atoms with van der Waals surface area (Å²) in [5.74, 6) is 0. The van der Waals surface area contributed by atoms with Crippen molar-refractivity contribution in [3.63, 3.8) is 0 Å². The van der Waals surface area contributed by atoms with Gasteiger partial charge in [-0.05, 0) is 47.3 Å². The molecule has 1 heteroatoms. The first-order chi connectivity index (χ1) is 8.18. The monoisotopic (exact) mass is 238 g/mol. The van der Waals surface area contributed by atoms with Gasteiger partial charge in [-0.1, -0.05) is 42.5 Å². The molecule has 0 heterocycles. The molecule has 0 N–H and O–H groups in total. The maximum absolute atomic E-state index is 4.65. The van der Waals surface area contributed by atoms with Gasteiger partial charge in [-0.2, -0.15) is 0 Å². The number of fused-ring (bicyclic) bond motifs is 1. The van der Waals surface area contributed by atoms with E-state index in [4.69, 9.17) is 0 Å². The van der Waals surface area contributed by atoms with Gasteiger partial charge in [0.25, 0.3) is 0 Å². The minimum absolute atomic E-state index is 1.12. The number of rotatable bonds is 1. The zero-order chi connectivity index (χ0) is 12.0. The second-order valence-corrected chi connectivity index (χ2v) is 5.02. The van der Waals surface area contributed by atoms with Crippen LogP contribution in [0.15, 0.2) is 69.7 Å². The number of benzene rings is 1. The van der Waals surface area contributed by atoms with Crippen molar-refractivity contribution in [3.8, 4) is 0 Å². The van der Waals surface area contributed by atoms with E-state index in [9.17, 15) is 0 Å². The third kappa shape index (κ3) is 1.54. The third-order valence-electron chi connectivity index (χ3n) is 3.35. The van der Waals surface area contributed by atoms with E-state index in [1.165, 1.54) is 33.4 Å². The van der Waals surface area contributed by atoms with E-state index in [1.54, 1.807) is 0 Å². The van der Waals surface area contributed by atoms with Crippen LogP contribution in [0.5, 0.6) is 0 Å². The molecule has 0 radical (unpaired) electrons. The van der Waals surface area contributed by atoms with E-state index in [-0.39, 0.29) is 0 Å². The average Bonchev–Trinajstić information content (AvgIpc) is 2.80. The van der Waals surface area contributed by atoms with E-state index < -0.39 is 0 Å². The van der Waals surface area contributed by atoms with Gasteiger partial charge in [-0.25, -0.2) is 0 Å². The summed E-state index contributed by atoms with van der Waals surface area (Å²) in [6.07, 6.45) is 4.47. The van der Waals surface area contributed by atoms with Gasteiger partial charge in [-0.3, -0.25) is 0 Å². The van der Waals surface area contributed by atoms with Crippen LogP contribution in [0.3, 0.4) is 0 Å². The molecule has 0 nitrogen and oxygen atoms in total. The van der Waals surface area contributed by atoms with Gasteiger partial charge >= 0.3 is 0 Å². The molecular weight excluding hydrogens is 224 g/mol. The predicted octanol–water partition coefficient (Wildman–Crippen LogP) is 4.54. The smallest absolute Gasteiger partial charge is 0.0155 e. The van der Waals surface area contributed by atoms with Crippen molar-refractivity contribution in [1.29, 1.82) is 0 Å². The molecule has 2 aliphatic carbocycles. The Bertz CT molecular complexity index is 610. The SMILES string of the molecule is CC1=CC2=C(c3ccccc3)C(C)=C(S)C2=C1. The van der Waals surface area contributed by atoms with Gasteiger partial charge < -0.3 is 0 Å². The Morgan fingerprint density at radius 2 is 1.65 bits per heavy atom. The van der Waals surface area contributed by atoms with Crippen molar-refractivity contribution in [2.75, 3.05) is 0 Å². The minimum Gasteiger partial charge on any atom is -0.142 e. The third-order valence-corrected chi connectivity index (χ3v) is 3.93. The molecule has 0 unspecified atom stereocenters. The van der Waals surface area contributed by atoms with Crippen molar-refractivity contribution in [2.45, 2.75) is 13.8 Å². The van der Waals surface area contributed by atoms with Gasteiger partial charge in [0.15, 0.2) is 0 Å². The molecule has 84 valence electrons. The molecule has 0 amide bonds. The Morgan fingerprint density at radius 1 is 0.941 bits per heavy atom. The summed E-state index contributed by atoms with van der Waals surface area (Å²) in [5, 5.41) is 0. The summed E-state index contributed by atoms with van der Waals surface area (Å²) < 4.78 is 0. The molecule has 0 atom stereocenters. The highest BCUT2D eigenvalue weighted by molar-refractivity contribution is 7.85. The number of hydrogen-bond donors (Lipinski definition) is 1. The van der Waals surface area contributed by atoms with Crippen LogP contribution in [0.2, 0.25) is 0 Å². The Hall–Kier alpha value is -1.47. The molecule has 0 spiro atoms. The van der Waals surface area contributed by atoms with Gasteiger partial charge in [0.05, 0.1) is 0 Å². The van der Waals surface area contributed by atoms with E-state index in [0.29, 0.717) is 0 Å². The molecule has 0 aromatic heterocycles. The van der Waals surface area contributed by atoms with Gasteiger partial charge in [0, 0.05) is 4.91 Å². The zero-order valence-electron chi connectivity index (χ0n) is 9.99. The fourth-order valence-corrected chi connectivity index (χ4v) is 2.85. The largest absolute Gasteiger partial charge is 0.142 e. The maximum Gasteiger partial charge on any atom is 0.0155 e. The second-order valence-electron chi connectivity index (χ2n) is 4.57. The summed E-state index contributed by atoms with van der Waals surface area (Å²) in [5.41, 5.74) is 7.81. The lowest BCUT2D eigenvalue weighted by Crippen LogP contribution is -1.85. The summed E-state index contributed by atoms with van der Waals surface area (Å²) in [6, 6.07) is 10.6. The molecule has 1 aromatic carbocycles. The first kappa shape index (κ1) is 10.7. The summed E-state index contributed by atoms with van der Waals surface area (Å²) in [4.78, 5) is 1.12. The summed E-state index contributed by atoms with van der Waals surface area (Å²) in [7, 11) is 0. The van der Waals surface area contributed by atoms with Crippen molar-refractivity contribution < 1.29 is 0 Å². The average molecular weight is 238 g/mol. The van der Waals surface area contributed by atoms with Crippen molar-refractivity contribution >= 4 is 18.2 Å². The fraction of sp³-hybridized carbons (Fsp3) is 0.125. The number of hydrogen-bond acceptors (Lipinski definition) is 1.